The Bertz CT molecular complexity index is 181. The van der Waals surface area contributed by atoms with E-state index in [0.717, 1.165) is 19.3 Å². The van der Waals surface area contributed by atoms with Gasteiger partial charge in [-0.1, -0.05) is 6.42 Å². The molecule has 0 amide bonds. The smallest absolute Gasteiger partial charge is 0.335 e. The van der Waals surface area contributed by atoms with Crippen LogP contribution in [0.4, 0.5) is 0 Å². The second kappa shape index (κ2) is 4.09. The largest absolute Gasteiger partial charge is 0.479 e. The minimum absolute atomic E-state index is 0.00537. The molecule has 0 unspecified atom stereocenters. The monoisotopic (exact) mass is 186 g/mol. The van der Waals surface area contributed by atoms with Gasteiger partial charge in [-0.15, -0.1) is 0 Å². The van der Waals surface area contributed by atoms with Crippen molar-refractivity contribution in [3.8, 4) is 0 Å². The van der Waals surface area contributed by atoms with E-state index in [1.54, 1.807) is 0 Å². The van der Waals surface area contributed by atoms with Gasteiger partial charge in [0, 0.05) is 0 Å². The summed E-state index contributed by atoms with van der Waals surface area (Å²) < 4.78 is 5.54. The summed E-state index contributed by atoms with van der Waals surface area (Å²) in [6.45, 7) is 3.78. The molecule has 1 aliphatic carbocycles. The molecule has 1 saturated carbocycles. The molecular weight excluding hydrogens is 168 g/mol. The van der Waals surface area contributed by atoms with Gasteiger partial charge in [0.05, 0.1) is 6.10 Å². The van der Waals surface area contributed by atoms with Crippen molar-refractivity contribution < 1.29 is 14.6 Å². The molecule has 3 heteroatoms. The topological polar surface area (TPSA) is 46.5 Å². The van der Waals surface area contributed by atoms with E-state index in [1.807, 2.05) is 13.8 Å². The molecule has 13 heavy (non-hydrogen) atoms. The number of carboxylic acid groups (broad SMARTS) is 1. The molecule has 0 saturated heterocycles. The zero-order valence-corrected chi connectivity index (χ0v) is 8.38. The Hall–Kier alpha value is -0.570. The van der Waals surface area contributed by atoms with E-state index in [1.165, 1.54) is 0 Å². The number of hydrogen-bond donors (Lipinski definition) is 1. The zero-order chi connectivity index (χ0) is 9.90. The number of ether oxygens (including phenoxy) is 1. The summed E-state index contributed by atoms with van der Waals surface area (Å²) in [5, 5.41) is 9.11. The molecule has 0 aromatic rings. The number of aliphatic carboxylic acids is 1. The lowest BCUT2D eigenvalue weighted by atomic mass is 9.84. The average molecular weight is 186 g/mol. The fourth-order valence-electron chi connectivity index (χ4n) is 1.96. The Morgan fingerprint density at radius 1 is 1.31 bits per heavy atom. The average Bonchev–Trinajstić information content (AvgIpc) is 2.04. The maximum Gasteiger partial charge on any atom is 0.335 e. The van der Waals surface area contributed by atoms with Crippen LogP contribution in [-0.4, -0.2) is 22.8 Å². The zero-order valence-electron chi connectivity index (χ0n) is 8.38. The summed E-state index contributed by atoms with van der Waals surface area (Å²) in [6.07, 6.45) is 4.41. The van der Waals surface area contributed by atoms with Crippen LogP contribution in [-0.2, 0) is 9.53 Å². The number of carbonyl (C=O) groups is 1. The van der Waals surface area contributed by atoms with Gasteiger partial charge in [-0.05, 0) is 39.5 Å². The van der Waals surface area contributed by atoms with Crippen molar-refractivity contribution in [1.29, 1.82) is 0 Å². The van der Waals surface area contributed by atoms with Crippen LogP contribution >= 0.6 is 0 Å². The van der Waals surface area contributed by atoms with Crippen molar-refractivity contribution in [3.05, 3.63) is 0 Å². The molecule has 1 fully saturated rings. The molecule has 1 aliphatic rings. The molecule has 0 aromatic carbocycles. The van der Waals surface area contributed by atoms with Gasteiger partial charge in [-0.2, -0.15) is 0 Å². The van der Waals surface area contributed by atoms with Crippen LogP contribution in [0.3, 0.4) is 0 Å². The molecule has 0 spiro atoms. The van der Waals surface area contributed by atoms with E-state index < -0.39 is 11.6 Å². The first-order valence-electron chi connectivity index (χ1n) is 4.98. The Balaban J connectivity index is 2.67. The maximum absolute atomic E-state index is 11.1. The highest BCUT2D eigenvalue weighted by Crippen LogP contribution is 2.32. The van der Waals surface area contributed by atoms with Crippen LogP contribution in [0.5, 0.6) is 0 Å². The molecule has 0 aromatic heterocycles. The van der Waals surface area contributed by atoms with Gasteiger partial charge in [0.2, 0.25) is 0 Å². The van der Waals surface area contributed by atoms with Crippen LogP contribution in [0.15, 0.2) is 0 Å². The Labute approximate surface area is 79.1 Å². The molecule has 0 aliphatic heterocycles. The molecule has 3 nitrogen and oxygen atoms in total. The van der Waals surface area contributed by atoms with Crippen molar-refractivity contribution >= 4 is 5.97 Å². The van der Waals surface area contributed by atoms with Crippen LogP contribution in [0.25, 0.3) is 0 Å². The SMILES string of the molecule is CC(C)OC1(C(=O)O)CCCCC1. The number of carboxylic acids is 1. The quantitative estimate of drug-likeness (QED) is 0.735. The van der Waals surface area contributed by atoms with E-state index in [9.17, 15) is 4.79 Å². The summed E-state index contributed by atoms with van der Waals surface area (Å²) in [7, 11) is 0. The molecular formula is C10H18O3. The van der Waals surface area contributed by atoms with Gasteiger partial charge in [0.25, 0.3) is 0 Å². The summed E-state index contributed by atoms with van der Waals surface area (Å²) in [4.78, 5) is 11.1. The summed E-state index contributed by atoms with van der Waals surface area (Å²) >= 11 is 0. The van der Waals surface area contributed by atoms with Gasteiger partial charge in [-0.25, -0.2) is 4.79 Å². The third-order valence-corrected chi connectivity index (χ3v) is 2.51. The summed E-state index contributed by atoms with van der Waals surface area (Å²) in [6, 6.07) is 0. The molecule has 76 valence electrons. The highest BCUT2D eigenvalue weighted by atomic mass is 16.5. The molecule has 0 atom stereocenters. The van der Waals surface area contributed by atoms with Crippen molar-refractivity contribution in [3.63, 3.8) is 0 Å². The molecule has 1 rings (SSSR count). The summed E-state index contributed by atoms with van der Waals surface area (Å²) in [5.74, 6) is -0.791. The van der Waals surface area contributed by atoms with Crippen molar-refractivity contribution in [2.75, 3.05) is 0 Å². The van der Waals surface area contributed by atoms with Crippen LogP contribution in [0.2, 0.25) is 0 Å². The second-order valence-corrected chi connectivity index (χ2v) is 4.03. The lowest BCUT2D eigenvalue weighted by Gasteiger charge is -2.34. The molecule has 1 N–H and O–H groups in total. The minimum atomic E-state index is -0.883. The van der Waals surface area contributed by atoms with Gasteiger partial charge in [-0.3, -0.25) is 0 Å². The van der Waals surface area contributed by atoms with Crippen molar-refractivity contribution in [1.82, 2.24) is 0 Å². The summed E-state index contributed by atoms with van der Waals surface area (Å²) in [5.41, 5.74) is -0.883. The Morgan fingerprint density at radius 2 is 1.85 bits per heavy atom. The van der Waals surface area contributed by atoms with E-state index in [-0.39, 0.29) is 6.10 Å². The first-order chi connectivity index (χ1) is 6.07. The first-order valence-corrected chi connectivity index (χ1v) is 4.98. The highest BCUT2D eigenvalue weighted by Gasteiger charge is 2.41. The van der Waals surface area contributed by atoms with Crippen molar-refractivity contribution in [2.45, 2.75) is 57.7 Å². The van der Waals surface area contributed by atoms with Gasteiger partial charge in [0.15, 0.2) is 5.60 Å². The molecule has 0 heterocycles. The number of hydrogen-bond acceptors (Lipinski definition) is 2. The van der Waals surface area contributed by atoms with Crippen LogP contribution < -0.4 is 0 Å². The van der Waals surface area contributed by atoms with Gasteiger partial charge in [0.1, 0.15) is 0 Å². The third kappa shape index (κ3) is 2.44. The lowest BCUT2D eigenvalue weighted by molar-refractivity contribution is -0.177. The van der Waals surface area contributed by atoms with E-state index in [2.05, 4.69) is 0 Å². The predicted molar refractivity (Wildman–Crippen MR) is 49.7 cm³/mol. The van der Waals surface area contributed by atoms with E-state index in [0.29, 0.717) is 12.8 Å². The standard InChI is InChI=1S/C10H18O3/c1-8(2)13-10(9(11)12)6-4-3-5-7-10/h8H,3-7H2,1-2H3,(H,11,12). The van der Waals surface area contributed by atoms with Gasteiger partial charge >= 0.3 is 5.97 Å². The Kier molecular flexibility index (Phi) is 3.31. The lowest BCUT2D eigenvalue weighted by Crippen LogP contribution is -2.45. The molecule has 0 radical (unpaired) electrons. The second-order valence-electron chi connectivity index (χ2n) is 4.03. The van der Waals surface area contributed by atoms with Crippen LogP contribution in [0.1, 0.15) is 46.0 Å². The van der Waals surface area contributed by atoms with Crippen molar-refractivity contribution in [2.24, 2.45) is 0 Å². The first kappa shape index (κ1) is 10.5. The number of rotatable bonds is 3. The highest BCUT2D eigenvalue weighted by molar-refractivity contribution is 5.77. The van der Waals surface area contributed by atoms with E-state index >= 15 is 0 Å². The maximum atomic E-state index is 11.1. The van der Waals surface area contributed by atoms with Gasteiger partial charge < -0.3 is 9.84 Å². The van der Waals surface area contributed by atoms with Crippen LogP contribution in [0, 0.1) is 0 Å². The minimum Gasteiger partial charge on any atom is -0.479 e. The van der Waals surface area contributed by atoms with E-state index in [4.69, 9.17) is 9.84 Å². The Morgan fingerprint density at radius 3 is 2.23 bits per heavy atom. The normalized spacial score (nSPS) is 21.8. The third-order valence-electron chi connectivity index (χ3n) is 2.51. The predicted octanol–water partition coefficient (Wildman–Crippen LogP) is 2.20. The fraction of sp³-hybridized carbons (Fsp3) is 0.900. The molecule has 0 bridgehead atoms. The fourth-order valence-corrected chi connectivity index (χ4v) is 1.96.